The number of aromatic nitrogens is 1. The van der Waals surface area contributed by atoms with Crippen molar-refractivity contribution in [1.82, 2.24) is 4.98 Å². The van der Waals surface area contributed by atoms with Crippen LogP contribution in [0.5, 0.6) is 0 Å². The topological polar surface area (TPSA) is 79.3 Å². The van der Waals surface area contributed by atoms with E-state index in [0.29, 0.717) is 0 Å². The van der Waals surface area contributed by atoms with Crippen molar-refractivity contribution in [3.05, 3.63) is 52.4 Å². The molecule has 0 bridgehead atoms. The quantitative estimate of drug-likeness (QED) is 0.839. The highest BCUT2D eigenvalue weighted by molar-refractivity contribution is 7.10. The summed E-state index contributed by atoms with van der Waals surface area (Å²) < 4.78 is 0. The SMILES string of the molecule is O=C(C=Cc1cccs1)Nc1cc(C(=O)O)ccn1. The molecule has 19 heavy (non-hydrogen) atoms. The van der Waals surface area contributed by atoms with E-state index in [2.05, 4.69) is 10.3 Å². The lowest BCUT2D eigenvalue weighted by Gasteiger charge is -2.01. The summed E-state index contributed by atoms with van der Waals surface area (Å²) in [6.07, 6.45) is 4.39. The molecule has 0 aliphatic carbocycles. The van der Waals surface area contributed by atoms with Gasteiger partial charge in [-0.15, -0.1) is 11.3 Å². The monoisotopic (exact) mass is 274 g/mol. The lowest BCUT2D eigenvalue weighted by molar-refractivity contribution is -0.111. The second-order valence-electron chi connectivity index (χ2n) is 3.57. The summed E-state index contributed by atoms with van der Waals surface area (Å²) in [5, 5.41) is 13.2. The molecule has 1 amide bonds. The summed E-state index contributed by atoms with van der Waals surface area (Å²) >= 11 is 1.52. The third-order valence-corrected chi connectivity index (χ3v) is 3.04. The van der Waals surface area contributed by atoms with E-state index < -0.39 is 5.97 Å². The number of hydrogen-bond acceptors (Lipinski definition) is 4. The highest BCUT2D eigenvalue weighted by Crippen LogP contribution is 2.11. The molecule has 6 heteroatoms. The lowest BCUT2D eigenvalue weighted by Crippen LogP contribution is -2.10. The van der Waals surface area contributed by atoms with Crippen LogP contribution in [-0.4, -0.2) is 22.0 Å². The standard InChI is InChI=1S/C13H10N2O3S/c16-12(4-3-10-2-1-7-19-10)15-11-8-9(13(17)18)5-6-14-11/h1-8H,(H,17,18)(H,14,15,16). The van der Waals surface area contributed by atoms with Gasteiger partial charge in [0.05, 0.1) is 5.56 Å². The van der Waals surface area contributed by atoms with Crippen LogP contribution in [0.4, 0.5) is 5.82 Å². The van der Waals surface area contributed by atoms with Crippen LogP contribution in [0.2, 0.25) is 0 Å². The van der Waals surface area contributed by atoms with E-state index in [-0.39, 0.29) is 17.3 Å². The molecule has 0 saturated heterocycles. The zero-order valence-electron chi connectivity index (χ0n) is 9.74. The van der Waals surface area contributed by atoms with Crippen LogP contribution in [0.1, 0.15) is 15.2 Å². The number of rotatable bonds is 4. The smallest absolute Gasteiger partial charge is 0.335 e. The van der Waals surface area contributed by atoms with Crippen molar-refractivity contribution in [2.24, 2.45) is 0 Å². The predicted molar refractivity (Wildman–Crippen MR) is 73.2 cm³/mol. The molecule has 0 atom stereocenters. The first-order valence-corrected chi connectivity index (χ1v) is 6.25. The first kappa shape index (κ1) is 13.0. The molecule has 2 N–H and O–H groups in total. The van der Waals surface area contributed by atoms with E-state index in [0.717, 1.165) is 4.88 Å². The van der Waals surface area contributed by atoms with Crippen LogP contribution in [0.15, 0.2) is 41.9 Å². The van der Waals surface area contributed by atoms with Gasteiger partial charge in [-0.1, -0.05) is 6.07 Å². The Balaban J connectivity index is 2.03. The third kappa shape index (κ3) is 3.75. The molecule has 0 unspecified atom stereocenters. The van der Waals surface area contributed by atoms with Gasteiger partial charge in [0.1, 0.15) is 5.82 Å². The summed E-state index contributed by atoms with van der Waals surface area (Å²) in [5.74, 6) is -1.21. The van der Waals surface area contributed by atoms with Crippen molar-refractivity contribution in [1.29, 1.82) is 0 Å². The van der Waals surface area contributed by atoms with Crippen molar-refractivity contribution in [2.75, 3.05) is 5.32 Å². The average molecular weight is 274 g/mol. The Hall–Kier alpha value is -2.47. The van der Waals surface area contributed by atoms with Gasteiger partial charge in [0.25, 0.3) is 0 Å². The molecule has 2 heterocycles. The first-order chi connectivity index (χ1) is 9.15. The van der Waals surface area contributed by atoms with Gasteiger partial charge in [-0.05, 0) is 29.7 Å². The number of amides is 1. The maximum atomic E-state index is 11.6. The van der Waals surface area contributed by atoms with Crippen LogP contribution in [0.3, 0.4) is 0 Å². The third-order valence-electron chi connectivity index (χ3n) is 2.20. The van der Waals surface area contributed by atoms with Crippen LogP contribution in [0, 0.1) is 0 Å². The second-order valence-corrected chi connectivity index (χ2v) is 4.55. The number of carboxylic acids is 1. The van der Waals surface area contributed by atoms with E-state index in [1.165, 1.54) is 35.7 Å². The lowest BCUT2D eigenvalue weighted by atomic mass is 10.2. The number of nitrogens with zero attached hydrogens (tertiary/aromatic N) is 1. The molecule has 96 valence electrons. The Morgan fingerprint density at radius 1 is 1.37 bits per heavy atom. The van der Waals surface area contributed by atoms with Gasteiger partial charge in [0, 0.05) is 17.2 Å². The van der Waals surface area contributed by atoms with Crippen molar-refractivity contribution in [3.8, 4) is 0 Å². The number of carbonyl (C=O) groups excluding carboxylic acids is 1. The highest BCUT2D eigenvalue weighted by Gasteiger charge is 2.05. The van der Waals surface area contributed by atoms with Gasteiger partial charge >= 0.3 is 5.97 Å². The maximum Gasteiger partial charge on any atom is 0.335 e. The van der Waals surface area contributed by atoms with E-state index in [9.17, 15) is 9.59 Å². The summed E-state index contributed by atoms with van der Waals surface area (Å²) in [5.41, 5.74) is 0.0764. The Kier molecular flexibility index (Phi) is 4.04. The number of pyridine rings is 1. The minimum atomic E-state index is -1.06. The summed E-state index contributed by atoms with van der Waals surface area (Å²) in [6, 6.07) is 6.44. The van der Waals surface area contributed by atoms with E-state index in [4.69, 9.17) is 5.11 Å². The van der Waals surface area contributed by atoms with Crippen LogP contribution in [-0.2, 0) is 4.79 Å². The summed E-state index contributed by atoms with van der Waals surface area (Å²) in [7, 11) is 0. The molecule has 2 aromatic heterocycles. The van der Waals surface area contributed by atoms with Gasteiger partial charge in [-0.25, -0.2) is 9.78 Å². The van der Waals surface area contributed by atoms with Gasteiger partial charge in [-0.3, -0.25) is 4.79 Å². The number of nitrogens with one attached hydrogen (secondary N) is 1. The molecule has 0 aliphatic heterocycles. The fourth-order valence-electron chi connectivity index (χ4n) is 1.34. The van der Waals surface area contributed by atoms with Crippen molar-refractivity contribution >= 4 is 35.1 Å². The van der Waals surface area contributed by atoms with Crippen molar-refractivity contribution in [3.63, 3.8) is 0 Å². The molecular weight excluding hydrogens is 264 g/mol. The zero-order chi connectivity index (χ0) is 13.7. The molecule has 2 rings (SSSR count). The Morgan fingerprint density at radius 3 is 2.89 bits per heavy atom. The van der Waals surface area contributed by atoms with E-state index in [1.54, 1.807) is 6.08 Å². The molecule has 0 radical (unpaired) electrons. The summed E-state index contributed by atoms with van der Waals surface area (Å²) in [6.45, 7) is 0. The maximum absolute atomic E-state index is 11.6. The van der Waals surface area contributed by atoms with E-state index in [1.807, 2.05) is 17.5 Å². The minimum absolute atomic E-state index is 0.0764. The number of hydrogen-bond donors (Lipinski definition) is 2. The van der Waals surface area contributed by atoms with Crippen LogP contribution >= 0.6 is 11.3 Å². The van der Waals surface area contributed by atoms with Gasteiger partial charge in [-0.2, -0.15) is 0 Å². The number of carbonyl (C=O) groups is 2. The molecule has 5 nitrogen and oxygen atoms in total. The van der Waals surface area contributed by atoms with Gasteiger partial charge in [0.2, 0.25) is 5.91 Å². The highest BCUT2D eigenvalue weighted by atomic mass is 32.1. The largest absolute Gasteiger partial charge is 0.478 e. The minimum Gasteiger partial charge on any atom is -0.478 e. The molecular formula is C13H10N2O3S. The second kappa shape index (κ2) is 5.92. The molecule has 0 saturated carbocycles. The zero-order valence-corrected chi connectivity index (χ0v) is 10.6. The van der Waals surface area contributed by atoms with Crippen LogP contribution < -0.4 is 5.32 Å². The number of anilines is 1. The number of thiophene rings is 1. The fourth-order valence-corrected chi connectivity index (χ4v) is 1.96. The molecule has 0 aromatic carbocycles. The van der Waals surface area contributed by atoms with Crippen molar-refractivity contribution < 1.29 is 14.7 Å². The Labute approximate surface area is 113 Å². The van der Waals surface area contributed by atoms with E-state index >= 15 is 0 Å². The summed E-state index contributed by atoms with van der Waals surface area (Å²) in [4.78, 5) is 27.2. The number of carboxylic acid groups (broad SMARTS) is 1. The van der Waals surface area contributed by atoms with Gasteiger partial charge in [0.15, 0.2) is 0 Å². The normalized spacial score (nSPS) is 10.5. The molecule has 0 spiro atoms. The van der Waals surface area contributed by atoms with Gasteiger partial charge < -0.3 is 10.4 Å². The number of aromatic carboxylic acids is 1. The first-order valence-electron chi connectivity index (χ1n) is 5.37. The predicted octanol–water partition coefficient (Wildman–Crippen LogP) is 2.49. The Bertz CT molecular complexity index is 621. The van der Waals surface area contributed by atoms with Crippen LogP contribution in [0.25, 0.3) is 6.08 Å². The molecule has 0 aliphatic rings. The molecule has 0 fully saturated rings. The fraction of sp³-hybridized carbons (Fsp3) is 0. The molecule has 2 aromatic rings. The Morgan fingerprint density at radius 2 is 2.21 bits per heavy atom. The van der Waals surface area contributed by atoms with Crippen molar-refractivity contribution in [2.45, 2.75) is 0 Å². The average Bonchev–Trinajstić information content (AvgIpc) is 2.90.